The van der Waals surface area contributed by atoms with Crippen LogP contribution in [0, 0.1) is 11.6 Å². The van der Waals surface area contributed by atoms with Crippen molar-refractivity contribution in [1.82, 2.24) is 10.2 Å². The van der Waals surface area contributed by atoms with Crippen LogP contribution in [0.5, 0.6) is 0 Å². The fraction of sp³-hybridized carbons (Fsp3) is 0.438. The molecular formula is C16H17F2N3O3. The molecule has 1 saturated carbocycles. The number of hydrogen-bond donors (Lipinski definition) is 2. The van der Waals surface area contributed by atoms with Crippen LogP contribution in [0.4, 0.5) is 19.3 Å². The van der Waals surface area contributed by atoms with Crippen molar-refractivity contribution in [2.45, 2.75) is 37.6 Å². The van der Waals surface area contributed by atoms with Crippen LogP contribution in [0.3, 0.4) is 0 Å². The molecule has 128 valence electrons. The summed E-state index contributed by atoms with van der Waals surface area (Å²) in [7, 11) is 0. The number of carbonyl (C=O) groups is 3. The standard InChI is InChI=1S/C16H17F2N3O3/c17-10-6-11(18)8-12(7-10)19-15(24)21-9-13(22)20-14(23)16(21)4-2-1-3-5-16/h6-8H,1-5,9H2,(H,19,24)(H,20,22,23). The van der Waals surface area contributed by atoms with Gasteiger partial charge in [-0.1, -0.05) is 19.3 Å². The number of anilines is 1. The summed E-state index contributed by atoms with van der Waals surface area (Å²) in [5, 5.41) is 4.67. The van der Waals surface area contributed by atoms with E-state index in [2.05, 4.69) is 10.6 Å². The summed E-state index contributed by atoms with van der Waals surface area (Å²) in [6.45, 7) is -0.268. The van der Waals surface area contributed by atoms with E-state index in [0.717, 1.165) is 31.4 Å². The Labute approximate surface area is 137 Å². The van der Waals surface area contributed by atoms with E-state index < -0.39 is 35.0 Å². The van der Waals surface area contributed by atoms with Crippen molar-refractivity contribution in [2.75, 3.05) is 11.9 Å². The molecule has 6 nitrogen and oxygen atoms in total. The fourth-order valence-corrected chi connectivity index (χ4v) is 3.42. The van der Waals surface area contributed by atoms with Crippen LogP contribution >= 0.6 is 0 Å². The van der Waals surface area contributed by atoms with Crippen LogP contribution < -0.4 is 10.6 Å². The van der Waals surface area contributed by atoms with Gasteiger partial charge in [0, 0.05) is 11.8 Å². The SMILES string of the molecule is O=C1CN(C(=O)Nc2cc(F)cc(F)c2)C2(CCCCC2)C(=O)N1. The smallest absolute Gasteiger partial charge is 0.308 e. The molecule has 0 atom stereocenters. The van der Waals surface area contributed by atoms with Crippen LogP contribution in [0.2, 0.25) is 0 Å². The van der Waals surface area contributed by atoms with E-state index in [9.17, 15) is 23.2 Å². The van der Waals surface area contributed by atoms with E-state index in [1.165, 1.54) is 4.90 Å². The van der Waals surface area contributed by atoms with E-state index in [0.29, 0.717) is 18.9 Å². The Hall–Kier alpha value is -2.51. The van der Waals surface area contributed by atoms with Gasteiger partial charge in [0.15, 0.2) is 0 Å². The maximum atomic E-state index is 13.3. The summed E-state index contributed by atoms with van der Waals surface area (Å²) < 4.78 is 26.5. The monoisotopic (exact) mass is 337 g/mol. The van der Waals surface area contributed by atoms with Gasteiger partial charge in [-0.3, -0.25) is 14.9 Å². The number of nitrogens with one attached hydrogen (secondary N) is 2. The second-order valence-corrected chi connectivity index (χ2v) is 6.14. The van der Waals surface area contributed by atoms with Crippen molar-refractivity contribution >= 4 is 23.5 Å². The highest BCUT2D eigenvalue weighted by molar-refractivity contribution is 6.08. The predicted molar refractivity (Wildman–Crippen MR) is 81.0 cm³/mol. The number of hydrogen-bond acceptors (Lipinski definition) is 3. The molecule has 1 aromatic rings. The molecule has 2 fully saturated rings. The van der Waals surface area contributed by atoms with E-state index in [-0.39, 0.29) is 12.2 Å². The lowest BCUT2D eigenvalue weighted by Crippen LogP contribution is -2.69. The third-order valence-electron chi connectivity index (χ3n) is 4.53. The highest BCUT2D eigenvalue weighted by Crippen LogP contribution is 2.36. The molecule has 3 rings (SSSR count). The zero-order valence-corrected chi connectivity index (χ0v) is 12.9. The first kappa shape index (κ1) is 16.4. The molecule has 0 radical (unpaired) electrons. The fourth-order valence-electron chi connectivity index (χ4n) is 3.42. The Morgan fingerprint density at radius 1 is 1.08 bits per heavy atom. The first-order valence-electron chi connectivity index (χ1n) is 7.80. The minimum absolute atomic E-state index is 0.0677. The Balaban J connectivity index is 1.87. The number of rotatable bonds is 1. The average Bonchev–Trinajstić information content (AvgIpc) is 2.51. The van der Waals surface area contributed by atoms with Crippen molar-refractivity contribution in [3.63, 3.8) is 0 Å². The number of benzene rings is 1. The molecule has 1 heterocycles. The molecule has 0 aromatic heterocycles. The largest absolute Gasteiger partial charge is 0.323 e. The molecule has 4 amide bonds. The second kappa shape index (κ2) is 6.18. The summed E-state index contributed by atoms with van der Waals surface area (Å²) in [6.07, 6.45) is 3.39. The van der Waals surface area contributed by atoms with Crippen LogP contribution in [0.1, 0.15) is 32.1 Å². The van der Waals surface area contributed by atoms with Gasteiger partial charge in [0.25, 0.3) is 5.91 Å². The van der Waals surface area contributed by atoms with Crippen LogP contribution in [0.25, 0.3) is 0 Å². The lowest BCUT2D eigenvalue weighted by atomic mass is 9.78. The Kier molecular flexibility index (Phi) is 4.21. The molecule has 1 aromatic carbocycles. The van der Waals surface area contributed by atoms with Gasteiger partial charge in [-0.05, 0) is 25.0 Å². The topological polar surface area (TPSA) is 78.5 Å². The molecule has 2 aliphatic rings. The number of piperazine rings is 1. The molecule has 1 aliphatic heterocycles. The highest BCUT2D eigenvalue weighted by atomic mass is 19.1. The van der Waals surface area contributed by atoms with Gasteiger partial charge >= 0.3 is 6.03 Å². The van der Waals surface area contributed by atoms with E-state index in [4.69, 9.17) is 0 Å². The van der Waals surface area contributed by atoms with Crippen molar-refractivity contribution in [3.8, 4) is 0 Å². The zero-order valence-electron chi connectivity index (χ0n) is 12.9. The van der Waals surface area contributed by atoms with E-state index in [1.807, 2.05) is 0 Å². The lowest BCUT2D eigenvalue weighted by Gasteiger charge is -2.46. The van der Waals surface area contributed by atoms with Gasteiger partial charge < -0.3 is 10.2 Å². The summed E-state index contributed by atoms with van der Waals surface area (Å²) in [5.41, 5.74) is -1.15. The van der Waals surface area contributed by atoms with Gasteiger partial charge in [-0.15, -0.1) is 0 Å². The first-order valence-corrected chi connectivity index (χ1v) is 7.80. The van der Waals surface area contributed by atoms with Gasteiger partial charge in [0.1, 0.15) is 23.7 Å². The number of imide groups is 1. The molecule has 1 spiro atoms. The number of carbonyl (C=O) groups excluding carboxylic acids is 3. The van der Waals surface area contributed by atoms with Gasteiger partial charge in [0.05, 0.1) is 0 Å². The molecule has 0 unspecified atom stereocenters. The predicted octanol–water partition coefficient (Wildman–Crippen LogP) is 2.16. The van der Waals surface area contributed by atoms with E-state index in [1.54, 1.807) is 0 Å². The zero-order chi connectivity index (χ0) is 17.3. The van der Waals surface area contributed by atoms with Gasteiger partial charge in [-0.25, -0.2) is 13.6 Å². The molecule has 8 heteroatoms. The quantitative estimate of drug-likeness (QED) is 0.771. The molecule has 0 bridgehead atoms. The van der Waals surface area contributed by atoms with E-state index >= 15 is 0 Å². The lowest BCUT2D eigenvalue weighted by molar-refractivity contribution is -0.146. The molecule has 2 N–H and O–H groups in total. The number of halogens is 2. The third-order valence-corrected chi connectivity index (χ3v) is 4.53. The minimum Gasteiger partial charge on any atom is -0.308 e. The van der Waals surface area contributed by atoms with Crippen LogP contribution in [-0.2, 0) is 9.59 Å². The Morgan fingerprint density at radius 3 is 2.33 bits per heavy atom. The second-order valence-electron chi connectivity index (χ2n) is 6.14. The molecular weight excluding hydrogens is 320 g/mol. The van der Waals surface area contributed by atoms with Crippen LogP contribution in [0.15, 0.2) is 18.2 Å². The van der Waals surface area contributed by atoms with Crippen molar-refractivity contribution < 1.29 is 23.2 Å². The normalized spacial score (nSPS) is 20.0. The number of amides is 4. The minimum atomic E-state index is -1.08. The van der Waals surface area contributed by atoms with Crippen molar-refractivity contribution in [2.24, 2.45) is 0 Å². The Bertz CT molecular complexity index is 682. The maximum Gasteiger partial charge on any atom is 0.323 e. The molecule has 1 saturated heterocycles. The summed E-state index contributed by atoms with van der Waals surface area (Å²) >= 11 is 0. The summed E-state index contributed by atoms with van der Waals surface area (Å²) in [6, 6.07) is 1.92. The highest BCUT2D eigenvalue weighted by Gasteiger charge is 2.51. The van der Waals surface area contributed by atoms with Gasteiger partial charge in [-0.2, -0.15) is 0 Å². The number of urea groups is 1. The average molecular weight is 337 g/mol. The Morgan fingerprint density at radius 2 is 1.71 bits per heavy atom. The van der Waals surface area contributed by atoms with Crippen molar-refractivity contribution in [1.29, 1.82) is 0 Å². The summed E-state index contributed by atoms with van der Waals surface area (Å²) in [5.74, 6) is -2.72. The first-order chi connectivity index (χ1) is 11.4. The molecule has 24 heavy (non-hydrogen) atoms. The van der Waals surface area contributed by atoms with Gasteiger partial charge in [0.2, 0.25) is 5.91 Å². The number of nitrogens with zero attached hydrogens (tertiary/aromatic N) is 1. The third kappa shape index (κ3) is 2.95. The van der Waals surface area contributed by atoms with Crippen molar-refractivity contribution in [3.05, 3.63) is 29.8 Å². The van der Waals surface area contributed by atoms with Crippen LogP contribution in [-0.4, -0.2) is 34.8 Å². The maximum absolute atomic E-state index is 13.3. The summed E-state index contributed by atoms with van der Waals surface area (Å²) in [4.78, 5) is 37.9. The molecule has 1 aliphatic carbocycles.